The second-order valence-electron chi connectivity index (χ2n) is 4.60. The number of hydrogen-bond donors (Lipinski definition) is 1. The molecule has 1 N–H and O–H groups in total. The molecule has 8 heteroatoms. The molecule has 2 rings (SSSR count). The first-order chi connectivity index (χ1) is 8.54. The Balaban J connectivity index is 2.00. The number of carboxylic acid groups (broad SMARTS) is 1. The average Bonchev–Trinajstić information content (AvgIpc) is 2.63. The van der Waals surface area contributed by atoms with E-state index in [9.17, 15) is 4.79 Å². The molecule has 0 unspecified atom stereocenters. The van der Waals surface area contributed by atoms with Gasteiger partial charge in [0.05, 0.1) is 18.8 Å². The van der Waals surface area contributed by atoms with Gasteiger partial charge in [-0.15, -0.1) is 5.10 Å². The predicted molar refractivity (Wildman–Crippen MR) is 60.7 cm³/mol. The van der Waals surface area contributed by atoms with Crippen LogP contribution in [0.5, 0.6) is 0 Å². The van der Waals surface area contributed by atoms with Gasteiger partial charge in [-0.2, -0.15) is 0 Å². The summed E-state index contributed by atoms with van der Waals surface area (Å²) < 4.78 is 6.95. The molecule has 0 saturated carbocycles. The van der Waals surface area contributed by atoms with E-state index in [0.717, 1.165) is 13.1 Å². The van der Waals surface area contributed by atoms with Gasteiger partial charge in [0.1, 0.15) is 6.54 Å². The first-order valence-corrected chi connectivity index (χ1v) is 5.89. The molecule has 0 radical (unpaired) electrons. The largest absolute Gasteiger partial charge is 0.480 e. The summed E-state index contributed by atoms with van der Waals surface area (Å²) in [6, 6.07) is 0. The van der Waals surface area contributed by atoms with E-state index in [1.165, 1.54) is 4.68 Å². The van der Waals surface area contributed by atoms with Crippen LogP contribution in [-0.4, -0.2) is 61.5 Å². The lowest BCUT2D eigenvalue weighted by Gasteiger charge is -2.34. The molecular weight excluding hydrogens is 238 g/mol. The summed E-state index contributed by atoms with van der Waals surface area (Å²) in [5, 5.41) is 19.8. The molecule has 100 valence electrons. The smallest absolute Gasteiger partial charge is 0.325 e. The van der Waals surface area contributed by atoms with E-state index in [-0.39, 0.29) is 18.8 Å². The molecule has 0 aliphatic carbocycles. The van der Waals surface area contributed by atoms with Gasteiger partial charge in [-0.3, -0.25) is 9.69 Å². The third-order valence-corrected chi connectivity index (χ3v) is 2.75. The number of carbonyl (C=O) groups is 1. The maximum atomic E-state index is 10.7. The first kappa shape index (κ1) is 12.9. The van der Waals surface area contributed by atoms with Crippen LogP contribution in [0.4, 0.5) is 0 Å². The van der Waals surface area contributed by atoms with Crippen LogP contribution < -0.4 is 0 Å². The van der Waals surface area contributed by atoms with Crippen molar-refractivity contribution in [3.8, 4) is 0 Å². The molecule has 1 aromatic rings. The van der Waals surface area contributed by atoms with Crippen LogP contribution in [0.15, 0.2) is 0 Å². The predicted octanol–water partition coefficient (Wildman–Crippen LogP) is -0.633. The van der Waals surface area contributed by atoms with E-state index in [4.69, 9.17) is 9.84 Å². The van der Waals surface area contributed by atoms with Gasteiger partial charge in [0.15, 0.2) is 5.82 Å². The van der Waals surface area contributed by atoms with Crippen LogP contribution >= 0.6 is 0 Å². The van der Waals surface area contributed by atoms with Gasteiger partial charge in [0.25, 0.3) is 0 Å². The molecule has 1 saturated heterocycles. The Kier molecular flexibility index (Phi) is 3.87. The molecule has 0 spiro atoms. The van der Waals surface area contributed by atoms with Gasteiger partial charge in [0, 0.05) is 13.1 Å². The van der Waals surface area contributed by atoms with Gasteiger partial charge >= 0.3 is 5.97 Å². The highest BCUT2D eigenvalue weighted by molar-refractivity contribution is 5.66. The molecular formula is C10H17N5O3. The van der Waals surface area contributed by atoms with E-state index in [0.29, 0.717) is 12.4 Å². The second-order valence-corrected chi connectivity index (χ2v) is 4.60. The van der Waals surface area contributed by atoms with Gasteiger partial charge in [-0.1, -0.05) is 0 Å². The normalized spacial score (nSPS) is 25.2. The van der Waals surface area contributed by atoms with Crippen molar-refractivity contribution in [3.63, 3.8) is 0 Å². The Labute approximate surface area is 105 Å². The molecule has 18 heavy (non-hydrogen) atoms. The topological polar surface area (TPSA) is 93.4 Å². The lowest BCUT2D eigenvalue weighted by atomic mass is 10.2. The third kappa shape index (κ3) is 3.23. The fourth-order valence-electron chi connectivity index (χ4n) is 2.20. The zero-order valence-electron chi connectivity index (χ0n) is 10.5. The SMILES string of the molecule is C[C@H]1CN(Cc2nnnn2CC(=O)O)C[C@H](C)O1. The van der Waals surface area contributed by atoms with Crippen LogP contribution in [0.1, 0.15) is 19.7 Å². The van der Waals surface area contributed by atoms with Crippen LogP contribution in [0.2, 0.25) is 0 Å². The van der Waals surface area contributed by atoms with E-state index in [1.54, 1.807) is 0 Å². The van der Waals surface area contributed by atoms with Gasteiger partial charge < -0.3 is 9.84 Å². The quantitative estimate of drug-likeness (QED) is 0.765. The van der Waals surface area contributed by atoms with Crippen molar-refractivity contribution in [2.45, 2.75) is 39.1 Å². The Bertz CT molecular complexity index is 411. The molecule has 1 fully saturated rings. The average molecular weight is 255 g/mol. The molecule has 1 aromatic heterocycles. The Morgan fingerprint density at radius 2 is 2.11 bits per heavy atom. The van der Waals surface area contributed by atoms with E-state index >= 15 is 0 Å². The number of ether oxygens (including phenoxy) is 1. The van der Waals surface area contributed by atoms with Gasteiger partial charge in [-0.05, 0) is 24.3 Å². The number of aliphatic carboxylic acids is 1. The summed E-state index contributed by atoms with van der Waals surface area (Å²) >= 11 is 0. The lowest BCUT2D eigenvalue weighted by molar-refractivity contribution is -0.138. The number of rotatable bonds is 4. The summed E-state index contributed by atoms with van der Waals surface area (Å²) in [6.07, 6.45) is 0.329. The van der Waals surface area contributed by atoms with Crippen molar-refractivity contribution in [1.82, 2.24) is 25.1 Å². The highest BCUT2D eigenvalue weighted by atomic mass is 16.5. The molecule has 8 nitrogen and oxygen atoms in total. The van der Waals surface area contributed by atoms with Crippen molar-refractivity contribution >= 4 is 5.97 Å². The molecule has 2 atom stereocenters. The van der Waals surface area contributed by atoms with Crippen LogP contribution in [0, 0.1) is 0 Å². The van der Waals surface area contributed by atoms with E-state index < -0.39 is 5.97 Å². The van der Waals surface area contributed by atoms with Crippen molar-refractivity contribution in [1.29, 1.82) is 0 Å². The van der Waals surface area contributed by atoms with Gasteiger partial charge in [0.2, 0.25) is 0 Å². The molecule has 1 aliphatic rings. The standard InChI is InChI=1S/C10H17N5O3/c1-7-3-14(4-8(2)18-7)5-9-11-12-13-15(9)6-10(16)17/h7-8H,3-6H2,1-2H3,(H,16,17)/t7-,8-/m0/s1. The molecule has 0 amide bonds. The summed E-state index contributed by atoms with van der Waals surface area (Å²) in [5.41, 5.74) is 0. The Hall–Kier alpha value is -1.54. The summed E-state index contributed by atoms with van der Waals surface area (Å²) in [4.78, 5) is 12.8. The first-order valence-electron chi connectivity index (χ1n) is 5.89. The minimum absolute atomic E-state index is 0.164. The minimum Gasteiger partial charge on any atom is -0.480 e. The fraction of sp³-hybridized carbons (Fsp3) is 0.800. The Morgan fingerprint density at radius 1 is 1.44 bits per heavy atom. The number of aromatic nitrogens is 4. The zero-order chi connectivity index (χ0) is 13.1. The number of morpholine rings is 1. The zero-order valence-corrected chi connectivity index (χ0v) is 10.5. The number of hydrogen-bond acceptors (Lipinski definition) is 6. The summed E-state index contributed by atoms with van der Waals surface area (Å²) in [5.74, 6) is -0.383. The molecule has 0 bridgehead atoms. The van der Waals surface area contributed by atoms with Crippen molar-refractivity contribution in [2.75, 3.05) is 13.1 Å². The lowest BCUT2D eigenvalue weighted by Crippen LogP contribution is -2.45. The summed E-state index contributed by atoms with van der Waals surface area (Å²) in [7, 11) is 0. The van der Waals surface area contributed by atoms with Crippen LogP contribution in [-0.2, 0) is 22.6 Å². The minimum atomic E-state index is -0.952. The maximum absolute atomic E-state index is 10.7. The van der Waals surface area contributed by atoms with Gasteiger partial charge in [-0.25, -0.2) is 4.68 Å². The Morgan fingerprint density at radius 3 is 2.72 bits per heavy atom. The number of carboxylic acids is 1. The molecule has 0 aromatic carbocycles. The highest BCUT2D eigenvalue weighted by Gasteiger charge is 2.24. The monoisotopic (exact) mass is 255 g/mol. The van der Waals surface area contributed by atoms with Crippen LogP contribution in [0.25, 0.3) is 0 Å². The van der Waals surface area contributed by atoms with E-state index in [2.05, 4.69) is 20.4 Å². The maximum Gasteiger partial charge on any atom is 0.325 e. The third-order valence-electron chi connectivity index (χ3n) is 2.75. The van der Waals surface area contributed by atoms with Crippen molar-refractivity contribution in [2.24, 2.45) is 0 Å². The number of nitrogens with zero attached hydrogens (tertiary/aromatic N) is 5. The summed E-state index contributed by atoms with van der Waals surface area (Å²) in [6.45, 7) is 5.95. The van der Waals surface area contributed by atoms with Crippen molar-refractivity contribution in [3.05, 3.63) is 5.82 Å². The second kappa shape index (κ2) is 5.40. The van der Waals surface area contributed by atoms with Crippen LogP contribution in [0.3, 0.4) is 0 Å². The van der Waals surface area contributed by atoms with Crippen molar-refractivity contribution < 1.29 is 14.6 Å². The fourth-order valence-corrected chi connectivity index (χ4v) is 2.20. The number of tetrazole rings is 1. The highest BCUT2D eigenvalue weighted by Crippen LogP contribution is 2.12. The molecule has 2 heterocycles. The van der Waals surface area contributed by atoms with E-state index in [1.807, 2.05) is 13.8 Å². The molecule has 1 aliphatic heterocycles.